The minimum atomic E-state index is -0.0510. The molecule has 1 rings (SSSR count). The second-order valence-electron chi connectivity index (χ2n) is 5.59. The molecule has 0 aliphatic carbocycles. The third kappa shape index (κ3) is 4.77. The molecule has 4 heteroatoms. The highest BCUT2D eigenvalue weighted by atomic mass is 32.1. The fourth-order valence-electron chi connectivity index (χ4n) is 1.57. The largest absolute Gasteiger partial charge is 0.370 e. The topological polar surface area (TPSA) is 50.4 Å². The molecule has 1 heterocycles. The van der Waals surface area contributed by atoms with Gasteiger partial charge in [-0.2, -0.15) is 0 Å². The molecular weight excluding hydrogens is 230 g/mol. The van der Waals surface area contributed by atoms with E-state index in [0.29, 0.717) is 11.9 Å². The zero-order valence-electron chi connectivity index (χ0n) is 11.3. The quantitative estimate of drug-likeness (QED) is 0.642. The van der Waals surface area contributed by atoms with Crippen molar-refractivity contribution in [3.05, 3.63) is 22.4 Å². The van der Waals surface area contributed by atoms with Crippen molar-refractivity contribution < 1.29 is 0 Å². The van der Waals surface area contributed by atoms with Gasteiger partial charge >= 0.3 is 0 Å². The van der Waals surface area contributed by atoms with Crippen LogP contribution in [0.2, 0.25) is 0 Å². The van der Waals surface area contributed by atoms with Crippen molar-refractivity contribution in [2.24, 2.45) is 16.6 Å². The van der Waals surface area contributed by atoms with E-state index in [9.17, 15) is 0 Å². The molecule has 1 aromatic heterocycles. The number of nitrogens with one attached hydrogen (secondary N) is 1. The van der Waals surface area contributed by atoms with E-state index in [1.165, 1.54) is 4.88 Å². The minimum Gasteiger partial charge on any atom is -0.370 e. The molecule has 96 valence electrons. The molecule has 1 unspecified atom stereocenters. The first-order valence-electron chi connectivity index (χ1n) is 5.94. The lowest BCUT2D eigenvalue weighted by atomic mass is 10.0. The molecule has 0 aliphatic heterocycles. The van der Waals surface area contributed by atoms with Gasteiger partial charge in [0.2, 0.25) is 0 Å². The lowest BCUT2D eigenvalue weighted by Gasteiger charge is -2.23. The number of thiophene rings is 1. The maximum atomic E-state index is 5.95. The zero-order valence-corrected chi connectivity index (χ0v) is 12.1. The molecule has 0 amide bonds. The van der Waals surface area contributed by atoms with Gasteiger partial charge in [-0.3, -0.25) is 0 Å². The zero-order chi connectivity index (χ0) is 13.1. The van der Waals surface area contributed by atoms with Gasteiger partial charge in [-0.25, -0.2) is 4.99 Å². The highest BCUT2D eigenvalue weighted by molar-refractivity contribution is 7.10. The van der Waals surface area contributed by atoms with Crippen molar-refractivity contribution in [2.75, 3.05) is 0 Å². The maximum Gasteiger partial charge on any atom is 0.189 e. The highest BCUT2D eigenvalue weighted by Crippen LogP contribution is 2.29. The van der Waals surface area contributed by atoms with Crippen LogP contribution in [0.5, 0.6) is 0 Å². The van der Waals surface area contributed by atoms with Gasteiger partial charge in [0, 0.05) is 10.4 Å². The smallest absolute Gasteiger partial charge is 0.189 e. The second-order valence-corrected chi connectivity index (χ2v) is 6.57. The molecule has 0 fully saturated rings. The van der Waals surface area contributed by atoms with Gasteiger partial charge in [-0.05, 0) is 38.1 Å². The lowest BCUT2D eigenvalue weighted by molar-refractivity contribution is 0.490. The van der Waals surface area contributed by atoms with Crippen LogP contribution in [0.4, 0.5) is 0 Å². The molecule has 0 radical (unpaired) electrons. The molecule has 0 aromatic carbocycles. The standard InChI is InChI=1S/C13H23N3S/c1-9(2)11(10-7-6-8-17-10)15-12(14)16-13(3,4)5/h6-9,11H,1-5H3,(H3,14,15,16). The predicted octanol–water partition coefficient (Wildman–Crippen LogP) is 3.15. The van der Waals surface area contributed by atoms with Gasteiger partial charge < -0.3 is 11.1 Å². The van der Waals surface area contributed by atoms with Crippen LogP contribution in [0.3, 0.4) is 0 Å². The number of nitrogens with zero attached hydrogens (tertiary/aromatic N) is 1. The fourth-order valence-corrected chi connectivity index (χ4v) is 2.50. The Labute approximate surface area is 108 Å². The van der Waals surface area contributed by atoms with Gasteiger partial charge in [-0.1, -0.05) is 19.9 Å². The summed E-state index contributed by atoms with van der Waals surface area (Å²) >= 11 is 1.73. The highest BCUT2D eigenvalue weighted by Gasteiger charge is 2.17. The minimum absolute atomic E-state index is 0.0510. The van der Waals surface area contributed by atoms with E-state index < -0.39 is 0 Å². The Morgan fingerprint density at radius 2 is 2.06 bits per heavy atom. The SMILES string of the molecule is CC(C)C(N=C(N)NC(C)(C)C)c1cccs1. The Kier molecular flexibility index (Phi) is 4.57. The first kappa shape index (κ1) is 14.0. The average molecular weight is 253 g/mol. The number of rotatable bonds is 3. The summed E-state index contributed by atoms with van der Waals surface area (Å²) in [6, 6.07) is 4.31. The Bertz CT molecular complexity index is 361. The van der Waals surface area contributed by atoms with Crippen molar-refractivity contribution in [3.63, 3.8) is 0 Å². The van der Waals surface area contributed by atoms with Crippen LogP contribution in [0.25, 0.3) is 0 Å². The Morgan fingerprint density at radius 3 is 2.47 bits per heavy atom. The molecule has 1 aromatic rings. The second kappa shape index (κ2) is 5.54. The van der Waals surface area contributed by atoms with Crippen LogP contribution in [-0.2, 0) is 0 Å². The summed E-state index contributed by atoms with van der Waals surface area (Å²) in [6.07, 6.45) is 0. The van der Waals surface area contributed by atoms with Gasteiger partial charge in [-0.15, -0.1) is 11.3 Å². The Balaban J connectivity index is 2.84. The summed E-state index contributed by atoms with van der Waals surface area (Å²) in [6.45, 7) is 10.6. The first-order chi connectivity index (χ1) is 7.79. The molecule has 1 atom stereocenters. The van der Waals surface area contributed by atoms with Crippen LogP contribution in [0.1, 0.15) is 45.5 Å². The van der Waals surface area contributed by atoms with Crippen LogP contribution >= 0.6 is 11.3 Å². The molecular formula is C13H23N3S. The summed E-state index contributed by atoms with van der Waals surface area (Å²) in [5, 5.41) is 5.28. The van der Waals surface area contributed by atoms with Gasteiger partial charge in [0.25, 0.3) is 0 Å². The van der Waals surface area contributed by atoms with Crippen molar-refractivity contribution in [2.45, 2.75) is 46.2 Å². The van der Waals surface area contributed by atoms with Crippen LogP contribution in [0.15, 0.2) is 22.5 Å². The number of nitrogens with two attached hydrogens (primary N) is 1. The molecule has 17 heavy (non-hydrogen) atoms. The van der Waals surface area contributed by atoms with Crippen LogP contribution in [0, 0.1) is 5.92 Å². The van der Waals surface area contributed by atoms with Gasteiger partial charge in [0.05, 0.1) is 6.04 Å². The molecule has 0 bridgehead atoms. The average Bonchev–Trinajstić information content (AvgIpc) is 2.63. The monoisotopic (exact) mass is 253 g/mol. The third-order valence-corrected chi connectivity index (χ3v) is 3.19. The van der Waals surface area contributed by atoms with Crippen molar-refractivity contribution in [1.82, 2.24) is 5.32 Å². The number of hydrogen-bond donors (Lipinski definition) is 2. The molecule has 0 spiro atoms. The molecule has 0 saturated heterocycles. The third-order valence-electron chi connectivity index (χ3n) is 2.25. The Hall–Kier alpha value is -1.03. The fraction of sp³-hybridized carbons (Fsp3) is 0.615. The lowest BCUT2D eigenvalue weighted by Crippen LogP contribution is -2.45. The van der Waals surface area contributed by atoms with E-state index in [-0.39, 0.29) is 11.6 Å². The number of hydrogen-bond acceptors (Lipinski definition) is 2. The van der Waals surface area contributed by atoms with Gasteiger partial charge in [0.1, 0.15) is 0 Å². The van der Waals surface area contributed by atoms with Gasteiger partial charge in [0.15, 0.2) is 5.96 Å². The van der Waals surface area contributed by atoms with Crippen molar-refractivity contribution >= 4 is 17.3 Å². The van der Waals surface area contributed by atoms with Crippen molar-refractivity contribution in [3.8, 4) is 0 Å². The number of aliphatic imine (C=N–C) groups is 1. The molecule has 0 aliphatic rings. The maximum absolute atomic E-state index is 5.95. The Morgan fingerprint density at radius 1 is 1.41 bits per heavy atom. The van der Waals surface area contributed by atoms with E-state index in [1.54, 1.807) is 11.3 Å². The normalized spacial score (nSPS) is 15.1. The summed E-state index contributed by atoms with van der Waals surface area (Å²) in [4.78, 5) is 5.86. The summed E-state index contributed by atoms with van der Waals surface area (Å²) in [5.74, 6) is 0.957. The van der Waals surface area contributed by atoms with Crippen LogP contribution < -0.4 is 11.1 Å². The molecule has 3 nitrogen and oxygen atoms in total. The summed E-state index contributed by atoms with van der Waals surface area (Å²) < 4.78 is 0. The van der Waals surface area contributed by atoms with E-state index in [4.69, 9.17) is 5.73 Å². The van der Waals surface area contributed by atoms with E-state index >= 15 is 0 Å². The summed E-state index contributed by atoms with van der Waals surface area (Å²) in [7, 11) is 0. The molecule has 3 N–H and O–H groups in total. The number of guanidine groups is 1. The van der Waals surface area contributed by atoms with Crippen molar-refractivity contribution in [1.29, 1.82) is 0 Å². The predicted molar refractivity (Wildman–Crippen MR) is 76.4 cm³/mol. The summed E-state index contributed by atoms with van der Waals surface area (Å²) in [5.41, 5.74) is 5.90. The van der Waals surface area contributed by atoms with E-state index in [1.807, 2.05) is 0 Å². The first-order valence-corrected chi connectivity index (χ1v) is 6.82. The molecule has 0 saturated carbocycles. The van der Waals surface area contributed by atoms with Crippen LogP contribution in [-0.4, -0.2) is 11.5 Å². The van der Waals surface area contributed by atoms with E-state index in [2.05, 4.69) is 62.4 Å². The van der Waals surface area contributed by atoms with E-state index in [0.717, 1.165) is 0 Å².